The highest BCUT2D eigenvalue weighted by atomic mass is 35.5. The van der Waals surface area contributed by atoms with Gasteiger partial charge >= 0.3 is 0 Å². The van der Waals surface area contributed by atoms with Crippen LogP contribution in [0.1, 0.15) is 19.4 Å². The average Bonchev–Trinajstić information content (AvgIpc) is 2.85. The van der Waals surface area contributed by atoms with Crippen molar-refractivity contribution in [1.29, 1.82) is 0 Å². The first-order valence-electron chi connectivity index (χ1n) is 6.56. The molecule has 3 aromatic rings. The Morgan fingerprint density at radius 2 is 1.80 bits per heavy atom. The van der Waals surface area contributed by atoms with Crippen LogP contribution in [-0.2, 0) is 6.54 Å². The summed E-state index contributed by atoms with van der Waals surface area (Å²) < 4.78 is 2.02. The molecule has 0 amide bonds. The van der Waals surface area contributed by atoms with Crippen LogP contribution in [0.5, 0.6) is 0 Å². The summed E-state index contributed by atoms with van der Waals surface area (Å²) in [6.45, 7) is 4.73. The summed E-state index contributed by atoms with van der Waals surface area (Å²) in [5, 5.41) is 0.387. The number of aromatic nitrogens is 3. The van der Waals surface area contributed by atoms with E-state index in [0.717, 1.165) is 17.6 Å². The van der Waals surface area contributed by atoms with Crippen molar-refractivity contribution in [2.45, 2.75) is 20.4 Å². The number of fused-ring (bicyclic) bond motifs is 1. The molecule has 0 fully saturated rings. The van der Waals surface area contributed by atoms with E-state index in [0.29, 0.717) is 5.15 Å². The summed E-state index contributed by atoms with van der Waals surface area (Å²) in [4.78, 5) is 8.15. The van der Waals surface area contributed by atoms with Crippen molar-refractivity contribution in [2.75, 3.05) is 5.73 Å². The number of nitrogens with two attached hydrogens (primary N) is 1. The SMILES string of the molecule is CC.Nc1nc(Cl)c2c(ccn2Cc2ccccc2)n1. The molecule has 2 heterocycles. The highest BCUT2D eigenvalue weighted by molar-refractivity contribution is 6.33. The number of hydrogen-bond donors (Lipinski definition) is 1. The molecule has 0 spiro atoms. The number of benzene rings is 1. The van der Waals surface area contributed by atoms with Crippen molar-refractivity contribution >= 4 is 28.6 Å². The molecule has 5 heteroatoms. The molecule has 0 radical (unpaired) electrons. The second kappa shape index (κ2) is 6.39. The van der Waals surface area contributed by atoms with Gasteiger partial charge in [-0.05, 0) is 11.6 Å². The Balaban J connectivity index is 0.000000704. The number of nitrogens with zero attached hydrogens (tertiary/aromatic N) is 3. The van der Waals surface area contributed by atoms with Gasteiger partial charge in [0.25, 0.3) is 0 Å². The van der Waals surface area contributed by atoms with E-state index < -0.39 is 0 Å². The second-order valence-electron chi connectivity index (χ2n) is 4.04. The fourth-order valence-corrected chi connectivity index (χ4v) is 2.28. The number of hydrogen-bond acceptors (Lipinski definition) is 3. The van der Waals surface area contributed by atoms with Gasteiger partial charge in [0.1, 0.15) is 5.52 Å². The Kier molecular flexibility index (Phi) is 4.58. The van der Waals surface area contributed by atoms with Crippen LogP contribution in [0, 0.1) is 0 Å². The minimum Gasteiger partial charge on any atom is -0.368 e. The van der Waals surface area contributed by atoms with E-state index in [-0.39, 0.29) is 5.95 Å². The van der Waals surface area contributed by atoms with E-state index in [1.165, 1.54) is 5.56 Å². The van der Waals surface area contributed by atoms with Crippen LogP contribution in [0.2, 0.25) is 5.15 Å². The summed E-state index contributed by atoms with van der Waals surface area (Å²) in [5.41, 5.74) is 8.35. The lowest BCUT2D eigenvalue weighted by Crippen LogP contribution is -2.01. The van der Waals surface area contributed by atoms with E-state index >= 15 is 0 Å². The molecule has 0 aliphatic carbocycles. The molecular weight excluding hydrogens is 272 g/mol. The maximum absolute atomic E-state index is 6.12. The zero-order chi connectivity index (χ0) is 14.5. The van der Waals surface area contributed by atoms with E-state index in [1.54, 1.807) is 0 Å². The minimum absolute atomic E-state index is 0.199. The predicted molar refractivity (Wildman–Crippen MR) is 83.8 cm³/mol. The average molecular weight is 289 g/mol. The lowest BCUT2D eigenvalue weighted by Gasteiger charge is -2.06. The summed E-state index contributed by atoms with van der Waals surface area (Å²) in [6, 6.07) is 12.0. The zero-order valence-corrected chi connectivity index (χ0v) is 12.3. The first-order chi connectivity index (χ1) is 9.74. The van der Waals surface area contributed by atoms with Crippen molar-refractivity contribution in [3.05, 3.63) is 53.3 Å². The standard InChI is InChI=1S/C13H11ClN4.C2H6/c14-12-11-10(16-13(15)17-12)6-7-18(11)8-9-4-2-1-3-5-9;1-2/h1-7H,8H2,(H2,15,16,17);1-2H3. The van der Waals surface area contributed by atoms with Gasteiger partial charge in [-0.1, -0.05) is 55.8 Å². The maximum atomic E-state index is 6.12. The third-order valence-corrected chi connectivity index (χ3v) is 3.04. The molecular formula is C15H17ClN4. The Bertz CT molecular complexity index is 692. The largest absolute Gasteiger partial charge is 0.368 e. The lowest BCUT2D eigenvalue weighted by molar-refractivity contribution is 0.834. The third kappa shape index (κ3) is 2.91. The van der Waals surface area contributed by atoms with Crippen LogP contribution in [0.4, 0.5) is 5.95 Å². The predicted octanol–water partition coefficient (Wildman–Crippen LogP) is 3.74. The number of rotatable bonds is 2. The summed E-state index contributed by atoms with van der Waals surface area (Å²) in [5.74, 6) is 0.199. The van der Waals surface area contributed by atoms with Crippen LogP contribution in [0.15, 0.2) is 42.6 Å². The smallest absolute Gasteiger partial charge is 0.222 e. The van der Waals surface area contributed by atoms with Gasteiger partial charge in [-0.2, -0.15) is 4.98 Å². The normalized spacial score (nSPS) is 10.2. The molecule has 0 bridgehead atoms. The van der Waals surface area contributed by atoms with Gasteiger partial charge in [0.05, 0.1) is 5.52 Å². The van der Waals surface area contributed by atoms with Crippen LogP contribution in [0.25, 0.3) is 11.0 Å². The monoisotopic (exact) mass is 288 g/mol. The fourth-order valence-electron chi connectivity index (χ4n) is 1.99. The van der Waals surface area contributed by atoms with E-state index in [2.05, 4.69) is 22.1 Å². The van der Waals surface area contributed by atoms with Crippen LogP contribution < -0.4 is 5.73 Å². The molecule has 0 saturated carbocycles. The van der Waals surface area contributed by atoms with E-state index in [9.17, 15) is 0 Å². The highest BCUT2D eigenvalue weighted by Gasteiger charge is 2.09. The molecule has 20 heavy (non-hydrogen) atoms. The molecule has 0 aliphatic rings. The Hall–Kier alpha value is -2.07. The van der Waals surface area contributed by atoms with Crippen molar-refractivity contribution in [2.24, 2.45) is 0 Å². The second-order valence-corrected chi connectivity index (χ2v) is 4.39. The number of halogens is 1. The molecule has 3 rings (SSSR count). The van der Waals surface area contributed by atoms with Gasteiger partial charge in [-0.25, -0.2) is 4.98 Å². The number of nitrogen functional groups attached to an aromatic ring is 1. The van der Waals surface area contributed by atoms with Crippen molar-refractivity contribution < 1.29 is 0 Å². The van der Waals surface area contributed by atoms with Gasteiger partial charge in [0.2, 0.25) is 5.95 Å². The van der Waals surface area contributed by atoms with Gasteiger partial charge < -0.3 is 10.3 Å². The number of anilines is 1. The van der Waals surface area contributed by atoms with Gasteiger partial charge in [0, 0.05) is 12.7 Å². The maximum Gasteiger partial charge on any atom is 0.222 e. The van der Waals surface area contributed by atoms with Gasteiger partial charge in [0.15, 0.2) is 5.15 Å². The fraction of sp³-hybridized carbons (Fsp3) is 0.200. The first-order valence-corrected chi connectivity index (χ1v) is 6.93. The first kappa shape index (κ1) is 14.3. The Labute approximate surface area is 123 Å². The third-order valence-electron chi connectivity index (χ3n) is 2.78. The molecule has 1 aromatic carbocycles. The summed E-state index contributed by atoms with van der Waals surface area (Å²) in [6.07, 6.45) is 1.94. The molecule has 0 saturated heterocycles. The van der Waals surface area contributed by atoms with Crippen LogP contribution in [-0.4, -0.2) is 14.5 Å². The Morgan fingerprint density at radius 1 is 1.10 bits per heavy atom. The van der Waals surface area contributed by atoms with E-state index in [1.807, 2.05) is 48.9 Å². The Morgan fingerprint density at radius 3 is 2.50 bits per heavy atom. The van der Waals surface area contributed by atoms with Crippen LogP contribution >= 0.6 is 11.6 Å². The quantitative estimate of drug-likeness (QED) is 0.731. The molecule has 0 unspecified atom stereocenters. The van der Waals surface area contributed by atoms with Gasteiger partial charge in [-0.15, -0.1) is 0 Å². The van der Waals surface area contributed by atoms with Crippen LogP contribution in [0.3, 0.4) is 0 Å². The zero-order valence-electron chi connectivity index (χ0n) is 11.5. The molecule has 0 atom stereocenters. The molecule has 4 nitrogen and oxygen atoms in total. The lowest BCUT2D eigenvalue weighted by atomic mass is 10.2. The summed E-state index contributed by atoms with van der Waals surface area (Å²) >= 11 is 6.12. The molecule has 2 aromatic heterocycles. The van der Waals surface area contributed by atoms with Crippen molar-refractivity contribution in [1.82, 2.24) is 14.5 Å². The molecule has 104 valence electrons. The van der Waals surface area contributed by atoms with E-state index in [4.69, 9.17) is 17.3 Å². The van der Waals surface area contributed by atoms with Crippen molar-refractivity contribution in [3.63, 3.8) is 0 Å². The highest BCUT2D eigenvalue weighted by Crippen LogP contribution is 2.23. The minimum atomic E-state index is 0.199. The molecule has 0 aliphatic heterocycles. The topological polar surface area (TPSA) is 56.7 Å². The van der Waals surface area contributed by atoms with Crippen molar-refractivity contribution in [3.8, 4) is 0 Å². The molecule has 2 N–H and O–H groups in total. The van der Waals surface area contributed by atoms with Gasteiger partial charge in [-0.3, -0.25) is 0 Å². The summed E-state index contributed by atoms with van der Waals surface area (Å²) in [7, 11) is 0.